The number of amides is 4. The maximum atomic E-state index is 12.7. The van der Waals surface area contributed by atoms with Crippen LogP contribution in [-0.4, -0.2) is 100 Å². The molecule has 0 unspecified atom stereocenters. The van der Waals surface area contributed by atoms with E-state index in [0.717, 1.165) is 6.42 Å². The monoisotopic (exact) mass is 527 g/mol. The second-order valence-electron chi connectivity index (χ2n) is 8.85. The third-order valence-corrected chi connectivity index (χ3v) is 6.30. The Hall–Kier alpha value is -4.74. The summed E-state index contributed by atoms with van der Waals surface area (Å²) in [5.41, 5.74) is 0.314. The predicted molar refractivity (Wildman–Crippen MR) is 133 cm³/mol. The number of likely N-dealkylation sites (tertiary alicyclic amines) is 1. The van der Waals surface area contributed by atoms with Gasteiger partial charge in [-0.05, 0) is 18.4 Å². The van der Waals surface area contributed by atoms with Crippen molar-refractivity contribution >= 4 is 46.6 Å². The molecule has 4 N–H and O–H groups in total. The first kappa shape index (κ1) is 27.8. The molecule has 3 heterocycles. The van der Waals surface area contributed by atoms with E-state index in [1.165, 1.54) is 17.1 Å². The molecule has 15 heteroatoms. The molecule has 2 atom stereocenters. The van der Waals surface area contributed by atoms with E-state index in [1.54, 1.807) is 11.0 Å². The summed E-state index contributed by atoms with van der Waals surface area (Å²) in [6, 6.07) is 2.88. The number of hydrogen-bond acceptors (Lipinski definition) is 9. The summed E-state index contributed by atoms with van der Waals surface area (Å²) < 4.78 is 1.23. The van der Waals surface area contributed by atoms with Gasteiger partial charge in [-0.2, -0.15) is 5.26 Å². The van der Waals surface area contributed by atoms with Gasteiger partial charge in [0, 0.05) is 26.3 Å². The zero-order chi connectivity index (χ0) is 27.8. The summed E-state index contributed by atoms with van der Waals surface area (Å²) in [7, 11) is 1.86. The minimum Gasteiger partial charge on any atom is -0.480 e. The van der Waals surface area contributed by atoms with E-state index in [2.05, 4.69) is 32.8 Å². The van der Waals surface area contributed by atoms with Crippen LogP contribution in [0.15, 0.2) is 18.6 Å². The van der Waals surface area contributed by atoms with Crippen LogP contribution in [0.4, 0.5) is 10.6 Å². The molecule has 202 valence electrons. The van der Waals surface area contributed by atoms with Crippen molar-refractivity contribution in [1.82, 2.24) is 35.4 Å². The van der Waals surface area contributed by atoms with E-state index in [0.29, 0.717) is 29.9 Å². The van der Waals surface area contributed by atoms with Crippen molar-refractivity contribution in [2.75, 3.05) is 44.7 Å². The maximum absolute atomic E-state index is 12.7. The van der Waals surface area contributed by atoms with E-state index >= 15 is 0 Å². The number of fused-ring (bicyclic) bond motifs is 1. The lowest BCUT2D eigenvalue weighted by Crippen LogP contribution is -2.52. The Bertz CT molecular complexity index is 1270. The minimum absolute atomic E-state index is 0.0712. The Labute approximate surface area is 217 Å². The van der Waals surface area contributed by atoms with Crippen LogP contribution < -0.4 is 20.9 Å². The number of nitriles is 1. The Kier molecular flexibility index (Phi) is 9.14. The van der Waals surface area contributed by atoms with Gasteiger partial charge in [-0.1, -0.05) is 6.92 Å². The van der Waals surface area contributed by atoms with Gasteiger partial charge >= 0.3 is 12.0 Å². The van der Waals surface area contributed by atoms with Crippen molar-refractivity contribution in [2.45, 2.75) is 25.8 Å². The van der Waals surface area contributed by atoms with Crippen LogP contribution in [0.1, 0.15) is 19.8 Å². The van der Waals surface area contributed by atoms with Gasteiger partial charge in [0.25, 0.3) is 0 Å². The number of rotatable bonds is 9. The molecule has 0 radical (unpaired) electrons. The fourth-order valence-electron chi connectivity index (χ4n) is 4.22. The topological polar surface area (TPSA) is 203 Å². The standard InChI is InChI=1S/C23H29N9O6/c1-14-4-7-31(19(35)3-6-24)12-16(14)30(2)21-15-5-8-32(22(15)29-13-28-21)23(38)27-10-18(34)25-9-17(33)26-11-20(36)37/h5,8,13-14,16H,3-4,7,9-12H2,1-2H3,(H,25,34)(H,26,33)(H,27,38)(H,36,37)/t14-,16+/m1/s1. The summed E-state index contributed by atoms with van der Waals surface area (Å²) in [5, 5.41) is 24.8. The van der Waals surface area contributed by atoms with Crippen molar-refractivity contribution in [3.63, 3.8) is 0 Å². The van der Waals surface area contributed by atoms with E-state index in [-0.39, 0.29) is 24.3 Å². The summed E-state index contributed by atoms with van der Waals surface area (Å²) in [6.07, 6.45) is 3.42. The Morgan fingerprint density at radius 3 is 2.50 bits per heavy atom. The van der Waals surface area contributed by atoms with Crippen molar-refractivity contribution in [3.8, 4) is 6.07 Å². The molecule has 0 saturated carbocycles. The first-order valence-electron chi connectivity index (χ1n) is 11.8. The van der Waals surface area contributed by atoms with Gasteiger partial charge in [-0.25, -0.2) is 14.8 Å². The number of anilines is 1. The van der Waals surface area contributed by atoms with Crippen LogP contribution in [0.3, 0.4) is 0 Å². The lowest BCUT2D eigenvalue weighted by molar-refractivity contribution is -0.137. The molecule has 2 aromatic rings. The van der Waals surface area contributed by atoms with Gasteiger partial charge in [0.1, 0.15) is 25.1 Å². The molecule has 4 amide bonds. The quantitative estimate of drug-likeness (QED) is 0.310. The van der Waals surface area contributed by atoms with Gasteiger partial charge in [0.15, 0.2) is 5.65 Å². The van der Waals surface area contributed by atoms with Gasteiger partial charge < -0.3 is 30.9 Å². The van der Waals surface area contributed by atoms with Crippen LogP contribution in [0.2, 0.25) is 0 Å². The molecule has 0 aliphatic carbocycles. The Morgan fingerprint density at radius 2 is 1.82 bits per heavy atom. The molecule has 3 rings (SSSR count). The smallest absolute Gasteiger partial charge is 0.327 e. The second kappa shape index (κ2) is 12.5. The molecule has 15 nitrogen and oxygen atoms in total. The predicted octanol–water partition coefficient (Wildman–Crippen LogP) is -1.11. The fraction of sp³-hybridized carbons (Fsp3) is 0.478. The number of carboxylic acids is 1. The number of carbonyl (C=O) groups excluding carboxylic acids is 4. The molecule has 1 fully saturated rings. The number of aromatic nitrogens is 3. The molecular formula is C23H29N9O6. The molecule has 0 bridgehead atoms. The van der Waals surface area contributed by atoms with Crippen LogP contribution in [0.5, 0.6) is 0 Å². The number of likely N-dealkylation sites (N-methyl/N-ethyl adjacent to an activating group) is 1. The zero-order valence-corrected chi connectivity index (χ0v) is 21.0. The largest absolute Gasteiger partial charge is 0.480 e. The minimum atomic E-state index is -1.21. The van der Waals surface area contributed by atoms with Gasteiger partial charge in [-0.15, -0.1) is 0 Å². The molecular weight excluding hydrogens is 498 g/mol. The van der Waals surface area contributed by atoms with E-state index in [4.69, 9.17) is 10.4 Å². The van der Waals surface area contributed by atoms with Crippen molar-refractivity contribution in [1.29, 1.82) is 5.26 Å². The average molecular weight is 528 g/mol. The number of nitrogens with zero attached hydrogens (tertiary/aromatic N) is 6. The van der Waals surface area contributed by atoms with Crippen LogP contribution >= 0.6 is 0 Å². The molecule has 0 spiro atoms. The molecule has 1 saturated heterocycles. The molecule has 1 aliphatic rings. The number of aliphatic carboxylic acids is 1. The Morgan fingerprint density at radius 1 is 1.13 bits per heavy atom. The third kappa shape index (κ3) is 6.72. The molecule has 1 aliphatic heterocycles. The molecule has 2 aromatic heterocycles. The molecule has 0 aromatic carbocycles. The lowest BCUT2D eigenvalue weighted by Gasteiger charge is -2.42. The van der Waals surface area contributed by atoms with Crippen molar-refractivity contribution in [3.05, 3.63) is 18.6 Å². The Balaban J connectivity index is 1.65. The fourth-order valence-corrected chi connectivity index (χ4v) is 4.22. The van der Waals surface area contributed by atoms with Gasteiger partial charge in [0.05, 0.1) is 30.6 Å². The zero-order valence-electron chi connectivity index (χ0n) is 21.0. The van der Waals surface area contributed by atoms with E-state index < -0.39 is 43.4 Å². The van der Waals surface area contributed by atoms with Crippen LogP contribution in [0.25, 0.3) is 11.0 Å². The first-order chi connectivity index (χ1) is 18.1. The average Bonchev–Trinajstić information content (AvgIpc) is 3.33. The highest BCUT2D eigenvalue weighted by atomic mass is 16.4. The van der Waals surface area contributed by atoms with E-state index in [1.807, 2.05) is 18.0 Å². The maximum Gasteiger partial charge on any atom is 0.327 e. The van der Waals surface area contributed by atoms with Crippen LogP contribution in [0, 0.1) is 17.2 Å². The van der Waals surface area contributed by atoms with Gasteiger partial charge in [0.2, 0.25) is 17.7 Å². The van der Waals surface area contributed by atoms with Crippen LogP contribution in [-0.2, 0) is 19.2 Å². The highest BCUT2D eigenvalue weighted by molar-refractivity contribution is 5.96. The third-order valence-electron chi connectivity index (χ3n) is 6.30. The van der Waals surface area contributed by atoms with Crippen molar-refractivity contribution < 1.29 is 29.1 Å². The highest BCUT2D eigenvalue weighted by Crippen LogP contribution is 2.29. The highest BCUT2D eigenvalue weighted by Gasteiger charge is 2.33. The number of piperidine rings is 1. The number of nitrogens with one attached hydrogen (secondary N) is 3. The summed E-state index contributed by atoms with van der Waals surface area (Å²) in [4.78, 5) is 71.2. The summed E-state index contributed by atoms with van der Waals surface area (Å²) in [5.74, 6) is -1.93. The number of hydrogen-bond donors (Lipinski definition) is 4. The SMILES string of the molecule is C[C@@H]1CCN(C(=O)CC#N)C[C@@H]1N(C)c1ncnc2c1ccn2C(=O)NCC(=O)NCC(=O)NCC(=O)O. The van der Waals surface area contributed by atoms with E-state index in [9.17, 15) is 24.0 Å². The normalized spacial score (nSPS) is 16.8. The second-order valence-corrected chi connectivity index (χ2v) is 8.85. The number of carbonyl (C=O) groups is 5. The first-order valence-corrected chi connectivity index (χ1v) is 11.8. The molecule has 38 heavy (non-hydrogen) atoms. The summed E-state index contributed by atoms with van der Waals surface area (Å²) in [6.45, 7) is 1.69. The summed E-state index contributed by atoms with van der Waals surface area (Å²) >= 11 is 0. The lowest BCUT2D eigenvalue weighted by atomic mass is 9.92. The van der Waals surface area contributed by atoms with Crippen molar-refractivity contribution in [2.24, 2.45) is 5.92 Å². The van der Waals surface area contributed by atoms with Gasteiger partial charge in [-0.3, -0.25) is 23.7 Å². The number of carboxylic acid groups (broad SMARTS) is 1.